The maximum Gasteiger partial charge on any atom is 0.275 e. The maximum atomic E-state index is 12.2. The molecular formula is C17H17ClN4O3S. The number of aryl methyl sites for hydroxylation is 1. The van der Waals surface area contributed by atoms with Crippen LogP contribution in [0, 0.1) is 0 Å². The third kappa shape index (κ3) is 3.34. The van der Waals surface area contributed by atoms with Crippen molar-refractivity contribution < 1.29 is 9.47 Å². The summed E-state index contributed by atoms with van der Waals surface area (Å²) in [5, 5.41) is 8.87. The van der Waals surface area contributed by atoms with Gasteiger partial charge in [-0.2, -0.15) is 9.61 Å². The van der Waals surface area contributed by atoms with Gasteiger partial charge in [-0.15, -0.1) is 0 Å². The predicted octanol–water partition coefficient (Wildman–Crippen LogP) is 3.14. The lowest BCUT2D eigenvalue weighted by Gasteiger charge is -2.13. The number of rotatable bonds is 4. The molecule has 0 atom stereocenters. The van der Waals surface area contributed by atoms with Gasteiger partial charge in [0.2, 0.25) is 4.96 Å². The smallest absolute Gasteiger partial charge is 0.275 e. The Bertz CT molecular complexity index is 1020. The molecule has 0 fully saturated rings. The first-order valence-electron chi connectivity index (χ1n) is 8.35. The second kappa shape index (κ2) is 7.13. The van der Waals surface area contributed by atoms with Crippen LogP contribution in [-0.4, -0.2) is 27.8 Å². The summed E-state index contributed by atoms with van der Waals surface area (Å²) in [6, 6.07) is 5.04. The van der Waals surface area contributed by atoms with Gasteiger partial charge in [-0.1, -0.05) is 29.9 Å². The van der Waals surface area contributed by atoms with E-state index >= 15 is 0 Å². The summed E-state index contributed by atoms with van der Waals surface area (Å²) in [6.45, 7) is 3.58. The molecule has 0 radical (unpaired) electrons. The van der Waals surface area contributed by atoms with E-state index in [9.17, 15) is 4.79 Å². The molecule has 0 saturated heterocycles. The Morgan fingerprint density at radius 2 is 2.04 bits per heavy atom. The van der Waals surface area contributed by atoms with Crippen molar-refractivity contribution in [2.75, 3.05) is 18.5 Å². The van der Waals surface area contributed by atoms with Crippen LogP contribution in [0.25, 0.3) is 4.96 Å². The van der Waals surface area contributed by atoms with Crippen molar-refractivity contribution >= 4 is 33.6 Å². The van der Waals surface area contributed by atoms with Crippen molar-refractivity contribution in [1.82, 2.24) is 14.6 Å². The van der Waals surface area contributed by atoms with Crippen molar-refractivity contribution in [2.24, 2.45) is 0 Å². The second-order valence-electron chi connectivity index (χ2n) is 5.81. The minimum absolute atomic E-state index is 0.187. The summed E-state index contributed by atoms with van der Waals surface area (Å²) >= 11 is 7.76. The van der Waals surface area contributed by atoms with Gasteiger partial charge in [0, 0.05) is 24.6 Å². The fourth-order valence-electron chi connectivity index (χ4n) is 2.63. The standard InChI is InChI=1S/C17H17ClN4O3S/c1-2-15-21-22-16(23)6-10(20-17(22)26-15)9-19-12-8-14-13(7-11(12)18)24-4-3-5-25-14/h6-8,19H,2-5,9H2,1H3. The number of ether oxygens (including phenoxy) is 2. The molecule has 1 aliphatic heterocycles. The molecular weight excluding hydrogens is 376 g/mol. The highest BCUT2D eigenvalue weighted by Gasteiger charge is 2.15. The van der Waals surface area contributed by atoms with E-state index in [4.69, 9.17) is 21.1 Å². The van der Waals surface area contributed by atoms with Crippen molar-refractivity contribution in [3.05, 3.63) is 44.3 Å². The largest absolute Gasteiger partial charge is 0.490 e. The molecule has 0 unspecified atom stereocenters. The van der Waals surface area contributed by atoms with E-state index in [1.54, 1.807) is 6.07 Å². The molecule has 0 amide bonds. The van der Waals surface area contributed by atoms with E-state index in [-0.39, 0.29) is 5.56 Å². The minimum atomic E-state index is -0.187. The number of benzene rings is 1. The molecule has 0 bridgehead atoms. The van der Waals surface area contributed by atoms with Crippen molar-refractivity contribution in [1.29, 1.82) is 0 Å². The normalized spacial score (nSPS) is 13.6. The van der Waals surface area contributed by atoms with Crippen molar-refractivity contribution in [3.8, 4) is 11.5 Å². The number of aromatic nitrogens is 3. The summed E-state index contributed by atoms with van der Waals surface area (Å²) in [6.07, 6.45) is 1.60. The average molecular weight is 393 g/mol. The Kier molecular flexibility index (Phi) is 4.69. The Morgan fingerprint density at radius 3 is 2.81 bits per heavy atom. The summed E-state index contributed by atoms with van der Waals surface area (Å²) in [5.41, 5.74) is 1.15. The van der Waals surface area contributed by atoms with Gasteiger partial charge < -0.3 is 14.8 Å². The fourth-order valence-corrected chi connectivity index (χ4v) is 3.71. The zero-order valence-corrected chi connectivity index (χ0v) is 15.7. The molecule has 0 saturated carbocycles. The number of fused-ring (bicyclic) bond motifs is 2. The number of nitrogens with one attached hydrogen (secondary N) is 1. The quantitative estimate of drug-likeness (QED) is 0.735. The summed E-state index contributed by atoms with van der Waals surface area (Å²) in [7, 11) is 0. The van der Waals surface area contributed by atoms with E-state index in [1.165, 1.54) is 21.9 Å². The maximum absolute atomic E-state index is 12.2. The lowest BCUT2D eigenvalue weighted by Crippen LogP contribution is -2.16. The highest BCUT2D eigenvalue weighted by molar-refractivity contribution is 7.16. The molecule has 26 heavy (non-hydrogen) atoms. The number of anilines is 1. The van der Waals surface area contributed by atoms with E-state index < -0.39 is 0 Å². The Labute approximate surface area is 158 Å². The van der Waals surface area contributed by atoms with E-state index in [0.717, 1.165) is 17.8 Å². The molecule has 9 heteroatoms. The lowest BCUT2D eigenvalue weighted by atomic mass is 10.2. The van der Waals surface area contributed by atoms with E-state index in [1.807, 2.05) is 13.0 Å². The Hall–Kier alpha value is -2.32. The van der Waals surface area contributed by atoms with Crippen LogP contribution < -0.4 is 20.3 Å². The highest BCUT2D eigenvalue weighted by Crippen LogP contribution is 2.37. The zero-order chi connectivity index (χ0) is 18.1. The van der Waals surface area contributed by atoms with Crippen LogP contribution in [0.4, 0.5) is 5.69 Å². The van der Waals surface area contributed by atoms with Gasteiger partial charge in [-0.25, -0.2) is 4.98 Å². The first-order valence-corrected chi connectivity index (χ1v) is 9.55. The van der Waals surface area contributed by atoms with Crippen LogP contribution in [-0.2, 0) is 13.0 Å². The number of hydrogen-bond acceptors (Lipinski definition) is 7. The lowest BCUT2D eigenvalue weighted by molar-refractivity contribution is 0.297. The van der Waals surface area contributed by atoms with Gasteiger partial charge in [0.15, 0.2) is 11.5 Å². The molecule has 2 aromatic heterocycles. The molecule has 3 heterocycles. The highest BCUT2D eigenvalue weighted by atomic mass is 35.5. The molecule has 0 spiro atoms. The minimum Gasteiger partial charge on any atom is -0.490 e. The topological polar surface area (TPSA) is 77.8 Å². The molecule has 1 N–H and O–H groups in total. The first-order chi connectivity index (χ1) is 12.6. The van der Waals surface area contributed by atoms with Gasteiger partial charge in [-0.3, -0.25) is 4.79 Å². The third-order valence-electron chi connectivity index (χ3n) is 3.94. The third-order valence-corrected chi connectivity index (χ3v) is 5.30. The second-order valence-corrected chi connectivity index (χ2v) is 7.26. The van der Waals surface area contributed by atoms with Gasteiger partial charge in [-0.05, 0) is 6.42 Å². The Balaban J connectivity index is 1.58. The fraction of sp³-hybridized carbons (Fsp3) is 0.353. The average Bonchev–Trinajstić information content (AvgIpc) is 2.92. The number of nitrogens with zero attached hydrogens (tertiary/aromatic N) is 3. The Morgan fingerprint density at radius 1 is 1.27 bits per heavy atom. The summed E-state index contributed by atoms with van der Waals surface area (Å²) in [4.78, 5) is 17.3. The van der Waals surface area contributed by atoms with E-state index in [0.29, 0.717) is 52.6 Å². The SMILES string of the molecule is CCc1nn2c(=O)cc(CNc3cc4c(cc3Cl)OCCCO4)nc2s1. The first kappa shape index (κ1) is 17.1. The van der Waals surface area contributed by atoms with Gasteiger partial charge >= 0.3 is 0 Å². The number of hydrogen-bond donors (Lipinski definition) is 1. The van der Waals surface area contributed by atoms with Gasteiger partial charge in [0.1, 0.15) is 5.01 Å². The summed E-state index contributed by atoms with van der Waals surface area (Å²) in [5.74, 6) is 1.31. The zero-order valence-electron chi connectivity index (χ0n) is 14.1. The molecule has 7 nitrogen and oxygen atoms in total. The molecule has 1 aliphatic rings. The van der Waals surface area contributed by atoms with Crippen LogP contribution in [0.3, 0.4) is 0 Å². The van der Waals surface area contributed by atoms with Crippen molar-refractivity contribution in [3.63, 3.8) is 0 Å². The van der Waals surface area contributed by atoms with Crippen LogP contribution in [0.5, 0.6) is 11.5 Å². The van der Waals surface area contributed by atoms with Crippen LogP contribution in [0.2, 0.25) is 5.02 Å². The van der Waals surface area contributed by atoms with Crippen LogP contribution in [0.15, 0.2) is 23.0 Å². The monoisotopic (exact) mass is 392 g/mol. The van der Waals surface area contributed by atoms with Crippen LogP contribution >= 0.6 is 22.9 Å². The van der Waals surface area contributed by atoms with Gasteiger partial charge in [0.05, 0.1) is 36.2 Å². The van der Waals surface area contributed by atoms with Crippen molar-refractivity contribution in [2.45, 2.75) is 26.3 Å². The molecule has 1 aromatic carbocycles. The molecule has 4 rings (SSSR count). The molecule has 3 aromatic rings. The van der Waals surface area contributed by atoms with E-state index in [2.05, 4.69) is 15.4 Å². The molecule has 136 valence electrons. The number of halogens is 1. The predicted molar refractivity (Wildman–Crippen MR) is 101 cm³/mol. The molecule has 0 aliphatic carbocycles. The summed E-state index contributed by atoms with van der Waals surface area (Å²) < 4.78 is 12.7. The van der Waals surface area contributed by atoms with Gasteiger partial charge in [0.25, 0.3) is 5.56 Å². The van der Waals surface area contributed by atoms with Crippen LogP contribution in [0.1, 0.15) is 24.0 Å².